The molecule has 1 fully saturated rings. The Morgan fingerprint density at radius 1 is 1.48 bits per heavy atom. The zero-order valence-corrected chi connectivity index (χ0v) is 13.3. The molecule has 0 aromatic carbocycles. The molecule has 5 heteroatoms. The van der Waals surface area contributed by atoms with Gasteiger partial charge in [0.2, 0.25) is 0 Å². The van der Waals surface area contributed by atoms with Crippen LogP contribution in [0.5, 0.6) is 0 Å². The van der Waals surface area contributed by atoms with Crippen molar-refractivity contribution in [3.05, 3.63) is 23.9 Å². The number of pyridine rings is 1. The summed E-state index contributed by atoms with van der Waals surface area (Å²) in [4.78, 5) is 6.47. The van der Waals surface area contributed by atoms with Gasteiger partial charge in [-0.05, 0) is 31.2 Å². The number of anilines is 1. The quantitative estimate of drug-likeness (QED) is 0.836. The van der Waals surface area contributed by atoms with Crippen molar-refractivity contribution in [3.8, 4) is 0 Å². The molecule has 0 aliphatic carbocycles. The van der Waals surface area contributed by atoms with Crippen molar-refractivity contribution in [2.24, 2.45) is 0 Å². The Bertz CT molecular complexity index is 447. The number of rotatable bonds is 6. The van der Waals surface area contributed by atoms with E-state index in [0.29, 0.717) is 38.6 Å². The van der Waals surface area contributed by atoms with E-state index in [1.165, 1.54) is 5.56 Å². The third-order valence-electron chi connectivity index (χ3n) is 4.13. The van der Waals surface area contributed by atoms with Crippen LogP contribution in [-0.2, 0) is 4.74 Å². The molecule has 2 N–H and O–H groups in total. The van der Waals surface area contributed by atoms with E-state index in [9.17, 15) is 5.11 Å². The predicted molar refractivity (Wildman–Crippen MR) is 84.6 cm³/mol. The minimum absolute atomic E-state index is 0.302. The molecular formula is C16H27N3O2. The zero-order chi connectivity index (χ0) is 15.3. The molecule has 5 nitrogen and oxygen atoms in total. The third-order valence-corrected chi connectivity index (χ3v) is 4.13. The molecule has 2 rings (SSSR count). The van der Waals surface area contributed by atoms with E-state index >= 15 is 0 Å². The summed E-state index contributed by atoms with van der Waals surface area (Å²) in [5.41, 5.74) is 0.547. The molecule has 0 amide bonds. The van der Waals surface area contributed by atoms with Crippen molar-refractivity contribution >= 4 is 5.82 Å². The average Bonchev–Trinajstić information content (AvgIpc) is 2.48. The lowest BCUT2D eigenvalue weighted by Crippen LogP contribution is -2.46. The van der Waals surface area contributed by atoms with Gasteiger partial charge in [-0.1, -0.05) is 6.92 Å². The molecule has 1 aliphatic heterocycles. The molecule has 118 valence electrons. The summed E-state index contributed by atoms with van der Waals surface area (Å²) in [5.74, 6) is 0.900. The van der Waals surface area contributed by atoms with Crippen LogP contribution >= 0.6 is 0 Å². The molecule has 0 bridgehead atoms. The number of aliphatic hydroxyl groups is 1. The van der Waals surface area contributed by atoms with Crippen LogP contribution < -0.4 is 10.2 Å². The highest BCUT2D eigenvalue weighted by molar-refractivity contribution is 5.41. The van der Waals surface area contributed by atoms with Crippen LogP contribution in [-0.4, -0.2) is 49.0 Å². The number of likely N-dealkylation sites (N-methyl/N-ethyl adjacent to an activating group) is 1. The molecule has 21 heavy (non-hydrogen) atoms. The normalized spacial score (nSPS) is 19.2. The van der Waals surface area contributed by atoms with Crippen molar-refractivity contribution in [1.29, 1.82) is 0 Å². The number of hydrogen-bond donors (Lipinski definition) is 2. The van der Waals surface area contributed by atoms with Crippen LogP contribution in [0.1, 0.15) is 38.3 Å². The zero-order valence-electron chi connectivity index (χ0n) is 13.3. The Morgan fingerprint density at radius 3 is 2.86 bits per heavy atom. The maximum atomic E-state index is 10.6. The summed E-state index contributed by atoms with van der Waals surface area (Å²) < 4.78 is 5.33. The summed E-state index contributed by atoms with van der Waals surface area (Å²) in [5, 5.41) is 14.0. The average molecular weight is 293 g/mol. The molecular weight excluding hydrogens is 266 g/mol. The molecule has 1 aromatic rings. The fourth-order valence-electron chi connectivity index (χ4n) is 2.77. The Hall–Kier alpha value is -1.17. The van der Waals surface area contributed by atoms with Gasteiger partial charge in [0.05, 0.1) is 5.60 Å². The minimum Gasteiger partial charge on any atom is -0.388 e. The van der Waals surface area contributed by atoms with Crippen molar-refractivity contribution in [2.75, 3.05) is 38.3 Å². The number of hydrogen-bond acceptors (Lipinski definition) is 5. The molecule has 0 radical (unpaired) electrons. The summed E-state index contributed by atoms with van der Waals surface area (Å²) in [6.45, 7) is 7.04. The first kappa shape index (κ1) is 16.2. The lowest BCUT2D eigenvalue weighted by atomic mass is 9.94. The van der Waals surface area contributed by atoms with Crippen molar-refractivity contribution in [2.45, 2.75) is 38.3 Å². The number of ether oxygens (including phenoxy) is 1. The van der Waals surface area contributed by atoms with Gasteiger partial charge in [-0.25, -0.2) is 4.98 Å². The molecule has 1 unspecified atom stereocenters. The SMILES string of the molecule is CCNC(C)c1ccnc(N(C)CC2(O)CCOCC2)c1. The summed E-state index contributed by atoms with van der Waals surface area (Å²) >= 11 is 0. The molecule has 1 saturated heterocycles. The van der Waals surface area contributed by atoms with Gasteiger partial charge in [0.15, 0.2) is 0 Å². The van der Waals surface area contributed by atoms with Gasteiger partial charge in [0, 0.05) is 51.9 Å². The van der Waals surface area contributed by atoms with Crippen LogP contribution in [0.4, 0.5) is 5.82 Å². The fraction of sp³-hybridized carbons (Fsp3) is 0.688. The molecule has 0 saturated carbocycles. The first-order valence-electron chi connectivity index (χ1n) is 7.75. The van der Waals surface area contributed by atoms with E-state index in [4.69, 9.17) is 4.74 Å². The highest BCUT2D eigenvalue weighted by Gasteiger charge is 2.31. The van der Waals surface area contributed by atoms with Crippen LogP contribution in [0.3, 0.4) is 0 Å². The van der Waals surface area contributed by atoms with Gasteiger partial charge in [-0.3, -0.25) is 0 Å². The maximum Gasteiger partial charge on any atom is 0.128 e. The van der Waals surface area contributed by atoms with Gasteiger partial charge in [0.25, 0.3) is 0 Å². The highest BCUT2D eigenvalue weighted by Crippen LogP contribution is 2.24. The summed E-state index contributed by atoms with van der Waals surface area (Å²) in [7, 11) is 1.98. The molecule has 2 heterocycles. The molecule has 0 spiro atoms. The van der Waals surface area contributed by atoms with Crippen molar-refractivity contribution < 1.29 is 9.84 Å². The molecule has 1 aromatic heterocycles. The van der Waals surface area contributed by atoms with E-state index in [2.05, 4.69) is 30.2 Å². The van der Waals surface area contributed by atoms with E-state index in [0.717, 1.165) is 12.4 Å². The Balaban J connectivity index is 2.04. The van der Waals surface area contributed by atoms with Gasteiger partial charge < -0.3 is 20.1 Å². The smallest absolute Gasteiger partial charge is 0.128 e. The first-order valence-corrected chi connectivity index (χ1v) is 7.75. The van der Waals surface area contributed by atoms with Crippen LogP contribution in [0.15, 0.2) is 18.3 Å². The summed E-state index contributed by atoms with van der Waals surface area (Å²) in [6, 6.07) is 4.43. The second-order valence-electron chi connectivity index (χ2n) is 5.92. The van der Waals surface area contributed by atoms with Gasteiger partial charge >= 0.3 is 0 Å². The number of aromatic nitrogens is 1. The topological polar surface area (TPSA) is 57.6 Å². The lowest BCUT2D eigenvalue weighted by Gasteiger charge is -2.36. The summed E-state index contributed by atoms with van der Waals surface area (Å²) in [6.07, 6.45) is 3.21. The first-order chi connectivity index (χ1) is 10.0. The predicted octanol–water partition coefficient (Wildman–Crippen LogP) is 1.73. The minimum atomic E-state index is -0.669. The van der Waals surface area contributed by atoms with Crippen LogP contribution in [0.25, 0.3) is 0 Å². The van der Waals surface area contributed by atoms with Crippen molar-refractivity contribution in [1.82, 2.24) is 10.3 Å². The van der Waals surface area contributed by atoms with E-state index in [1.54, 1.807) is 0 Å². The fourth-order valence-corrected chi connectivity index (χ4v) is 2.77. The Kier molecular flexibility index (Phi) is 5.56. The maximum absolute atomic E-state index is 10.6. The largest absolute Gasteiger partial charge is 0.388 e. The van der Waals surface area contributed by atoms with Crippen LogP contribution in [0, 0.1) is 0 Å². The third kappa shape index (κ3) is 4.40. The number of nitrogens with zero attached hydrogens (tertiary/aromatic N) is 2. The van der Waals surface area contributed by atoms with E-state index < -0.39 is 5.60 Å². The van der Waals surface area contributed by atoms with Crippen LogP contribution in [0.2, 0.25) is 0 Å². The number of nitrogens with one attached hydrogen (secondary N) is 1. The highest BCUT2D eigenvalue weighted by atomic mass is 16.5. The second kappa shape index (κ2) is 7.20. The Labute approximate surface area is 127 Å². The molecule has 1 atom stereocenters. The van der Waals surface area contributed by atoms with Crippen molar-refractivity contribution in [3.63, 3.8) is 0 Å². The second-order valence-corrected chi connectivity index (χ2v) is 5.92. The van der Waals surface area contributed by atoms with Gasteiger partial charge in [0.1, 0.15) is 5.82 Å². The van der Waals surface area contributed by atoms with E-state index in [1.807, 2.05) is 24.2 Å². The van der Waals surface area contributed by atoms with E-state index in [-0.39, 0.29) is 0 Å². The van der Waals surface area contributed by atoms with Gasteiger partial charge in [-0.2, -0.15) is 0 Å². The Morgan fingerprint density at radius 2 is 2.19 bits per heavy atom. The monoisotopic (exact) mass is 293 g/mol. The molecule has 1 aliphatic rings. The van der Waals surface area contributed by atoms with Gasteiger partial charge in [-0.15, -0.1) is 0 Å². The standard InChI is InChI=1S/C16H27N3O2/c1-4-17-13(2)14-5-8-18-15(11-14)19(3)12-16(20)6-9-21-10-7-16/h5,8,11,13,17,20H,4,6-7,9-10,12H2,1-3H3. The lowest BCUT2D eigenvalue weighted by molar-refractivity contribution is -0.0573.